The number of aliphatic hydroxyl groups is 1. The summed E-state index contributed by atoms with van der Waals surface area (Å²) in [5.74, 6) is -3.15. The molecule has 0 radical (unpaired) electrons. The zero-order valence-electron chi connectivity index (χ0n) is 15.5. The number of benzene rings is 2. The van der Waals surface area contributed by atoms with Crippen LogP contribution in [0.5, 0.6) is 5.75 Å². The second-order valence-electron chi connectivity index (χ2n) is 6.16. The molecule has 29 heavy (non-hydrogen) atoms. The van der Waals surface area contributed by atoms with E-state index in [1.807, 2.05) is 0 Å². The average molecular weight is 421 g/mol. The predicted octanol–water partition coefficient (Wildman–Crippen LogP) is 2.67. The maximum atomic E-state index is 13.1. The molecule has 0 aliphatic heterocycles. The molecular formula is C19H18ClFN4O4. The molecule has 8 nitrogen and oxygen atoms in total. The van der Waals surface area contributed by atoms with E-state index in [1.165, 1.54) is 13.0 Å². The Bertz CT molecular complexity index is 991. The number of amides is 2. The van der Waals surface area contributed by atoms with Crippen LogP contribution in [0.2, 0.25) is 5.02 Å². The average Bonchev–Trinajstić information content (AvgIpc) is 2.68. The molecule has 2 amide bonds. The molecule has 0 aliphatic carbocycles. The molecule has 10 heteroatoms. The van der Waals surface area contributed by atoms with Gasteiger partial charge in [-0.15, -0.1) is 0 Å². The number of phenols is 1. The smallest absolute Gasteiger partial charge is 0.269 e. The molecule has 0 aliphatic rings. The van der Waals surface area contributed by atoms with Crippen LogP contribution in [-0.4, -0.2) is 34.2 Å². The summed E-state index contributed by atoms with van der Waals surface area (Å²) in [5, 5.41) is 22.3. The fourth-order valence-electron chi connectivity index (χ4n) is 2.41. The van der Waals surface area contributed by atoms with E-state index in [0.717, 1.165) is 18.2 Å². The lowest BCUT2D eigenvalue weighted by atomic mass is 10.1. The van der Waals surface area contributed by atoms with Crippen LogP contribution in [-0.2, 0) is 4.79 Å². The van der Waals surface area contributed by atoms with Crippen molar-refractivity contribution in [2.45, 2.75) is 26.0 Å². The molecular weight excluding hydrogens is 403 g/mol. The third-order valence-electron chi connectivity index (χ3n) is 4.07. The number of aliphatic hydroxyl groups excluding tert-OH is 1. The van der Waals surface area contributed by atoms with Crippen molar-refractivity contribution in [2.24, 2.45) is 0 Å². The summed E-state index contributed by atoms with van der Waals surface area (Å²) in [6.45, 7) is 10.1. The van der Waals surface area contributed by atoms with Gasteiger partial charge in [0.2, 0.25) is 5.69 Å². The van der Waals surface area contributed by atoms with Gasteiger partial charge in [-0.2, -0.15) is 0 Å². The molecule has 0 heterocycles. The number of hydrogen-bond donors (Lipinski definition) is 5. The van der Waals surface area contributed by atoms with E-state index in [1.54, 1.807) is 13.0 Å². The van der Waals surface area contributed by atoms with Crippen molar-refractivity contribution in [3.63, 3.8) is 0 Å². The summed E-state index contributed by atoms with van der Waals surface area (Å²) in [6, 6.07) is 4.81. The first kappa shape index (κ1) is 21.9. The second-order valence-corrected chi connectivity index (χ2v) is 6.53. The van der Waals surface area contributed by atoms with Crippen LogP contribution in [0.4, 0.5) is 15.8 Å². The van der Waals surface area contributed by atoms with Crippen molar-refractivity contribution in [3.05, 3.63) is 63.7 Å². The molecule has 0 spiro atoms. The molecule has 5 N–H and O–H groups in total. The Hall–Kier alpha value is -3.35. The van der Waals surface area contributed by atoms with Gasteiger partial charge in [0.05, 0.1) is 17.7 Å². The second kappa shape index (κ2) is 9.23. The van der Waals surface area contributed by atoms with Crippen LogP contribution in [0, 0.1) is 19.3 Å². The number of aromatic hydroxyl groups is 1. The minimum Gasteiger partial charge on any atom is -0.505 e. The highest BCUT2D eigenvalue weighted by atomic mass is 35.5. The van der Waals surface area contributed by atoms with Crippen molar-refractivity contribution in [3.8, 4) is 5.75 Å². The van der Waals surface area contributed by atoms with Crippen molar-refractivity contribution in [1.29, 1.82) is 0 Å². The highest BCUT2D eigenvalue weighted by Gasteiger charge is 2.25. The predicted molar refractivity (Wildman–Crippen MR) is 105 cm³/mol. The zero-order chi connectivity index (χ0) is 21.7. The quantitative estimate of drug-likeness (QED) is 0.377. The van der Waals surface area contributed by atoms with Gasteiger partial charge in [-0.05, 0) is 43.7 Å². The molecule has 0 saturated heterocycles. The van der Waals surface area contributed by atoms with Gasteiger partial charge < -0.3 is 15.5 Å². The number of anilines is 1. The molecule has 0 saturated carbocycles. The summed E-state index contributed by atoms with van der Waals surface area (Å²) >= 11 is 6.11. The number of carbonyl (C=O) groups is 2. The number of nitrogens with zero attached hydrogens (tertiary/aromatic N) is 1. The first-order valence-corrected chi connectivity index (χ1v) is 8.73. The Labute approximate surface area is 171 Å². The van der Waals surface area contributed by atoms with Gasteiger partial charge >= 0.3 is 0 Å². The summed E-state index contributed by atoms with van der Waals surface area (Å²) < 4.78 is 13.1. The molecule has 152 valence electrons. The first-order chi connectivity index (χ1) is 13.6. The van der Waals surface area contributed by atoms with Gasteiger partial charge in [0, 0.05) is 11.3 Å². The van der Waals surface area contributed by atoms with Crippen LogP contribution in [0.25, 0.3) is 4.85 Å². The lowest BCUT2D eigenvalue weighted by molar-refractivity contribution is -0.124. The molecule has 0 fully saturated rings. The van der Waals surface area contributed by atoms with Crippen molar-refractivity contribution >= 4 is 34.8 Å². The maximum absolute atomic E-state index is 13.1. The normalized spacial score (nSPS) is 12.4. The third-order valence-corrected chi connectivity index (χ3v) is 4.55. The van der Waals surface area contributed by atoms with Gasteiger partial charge in [0.15, 0.2) is 11.6 Å². The Balaban J connectivity index is 2.10. The molecule has 2 aromatic carbocycles. The van der Waals surface area contributed by atoms with E-state index in [0.29, 0.717) is 11.3 Å². The van der Waals surface area contributed by atoms with Gasteiger partial charge in [-0.3, -0.25) is 20.4 Å². The van der Waals surface area contributed by atoms with Crippen LogP contribution in [0.3, 0.4) is 0 Å². The number of halogens is 2. The maximum Gasteiger partial charge on any atom is 0.269 e. The Kier molecular flexibility index (Phi) is 6.98. The third kappa shape index (κ3) is 5.13. The fourth-order valence-corrected chi connectivity index (χ4v) is 2.62. The lowest BCUT2D eigenvalue weighted by Gasteiger charge is -2.23. The Morgan fingerprint density at radius 2 is 1.93 bits per heavy atom. The number of hydrazine groups is 1. The molecule has 1 unspecified atom stereocenters. The number of rotatable bonds is 5. The van der Waals surface area contributed by atoms with Crippen LogP contribution < -0.4 is 16.2 Å². The van der Waals surface area contributed by atoms with Crippen LogP contribution in [0.1, 0.15) is 22.8 Å². The summed E-state index contributed by atoms with van der Waals surface area (Å²) in [6.07, 6.45) is -1.15. The number of carbonyl (C=O) groups excluding carboxylic acids is 2. The van der Waals surface area contributed by atoms with Crippen molar-refractivity contribution in [1.82, 2.24) is 10.9 Å². The minimum absolute atomic E-state index is 0.0804. The van der Waals surface area contributed by atoms with E-state index in [9.17, 15) is 24.2 Å². The monoisotopic (exact) mass is 420 g/mol. The lowest BCUT2D eigenvalue weighted by Crippen LogP contribution is -2.52. The molecule has 0 bridgehead atoms. The van der Waals surface area contributed by atoms with Crippen LogP contribution >= 0.6 is 11.6 Å². The summed E-state index contributed by atoms with van der Waals surface area (Å²) in [4.78, 5) is 27.8. The zero-order valence-corrected chi connectivity index (χ0v) is 16.2. The van der Waals surface area contributed by atoms with Crippen molar-refractivity contribution in [2.75, 3.05) is 5.32 Å². The number of nitrogens with one attached hydrogen (secondary N) is 3. The van der Waals surface area contributed by atoms with Crippen LogP contribution in [0.15, 0.2) is 30.3 Å². The SMILES string of the molecule is [C-]#[N+]c1ccc(NC(C(=O)NNC(=O)c2ccc(F)c(O)c2)[C@H](C)O)c(C)c1Cl. The highest BCUT2D eigenvalue weighted by molar-refractivity contribution is 6.34. The van der Waals surface area contributed by atoms with Gasteiger partial charge in [-0.1, -0.05) is 17.7 Å². The molecule has 2 atom stereocenters. The number of phenolic OH excluding ortho intramolecular Hbond substituents is 1. The Morgan fingerprint density at radius 1 is 1.24 bits per heavy atom. The van der Waals surface area contributed by atoms with E-state index < -0.39 is 35.5 Å². The summed E-state index contributed by atoms with van der Waals surface area (Å²) in [7, 11) is 0. The van der Waals surface area contributed by atoms with Gasteiger partial charge in [-0.25, -0.2) is 9.24 Å². The van der Waals surface area contributed by atoms with E-state index >= 15 is 0 Å². The molecule has 2 rings (SSSR count). The minimum atomic E-state index is -1.16. The topological polar surface area (TPSA) is 115 Å². The summed E-state index contributed by atoms with van der Waals surface area (Å²) in [5.41, 5.74) is 5.40. The van der Waals surface area contributed by atoms with Gasteiger partial charge in [0.1, 0.15) is 6.04 Å². The standard InChI is InChI=1S/C19H18ClFN4O4/c1-9-13(6-7-14(22-3)16(9)20)23-17(10(2)26)19(29)25-24-18(28)11-4-5-12(21)15(27)8-11/h4-8,10,17,23,26-27H,1-2H3,(H,24,28)(H,25,29)/t10-,17?/m0/s1. The largest absolute Gasteiger partial charge is 0.505 e. The first-order valence-electron chi connectivity index (χ1n) is 8.35. The fraction of sp³-hybridized carbons (Fsp3) is 0.211. The van der Waals surface area contributed by atoms with E-state index in [4.69, 9.17) is 18.2 Å². The number of hydrogen-bond acceptors (Lipinski definition) is 5. The Morgan fingerprint density at radius 3 is 2.52 bits per heavy atom. The molecule has 2 aromatic rings. The van der Waals surface area contributed by atoms with Crippen molar-refractivity contribution < 1.29 is 24.2 Å². The molecule has 0 aromatic heterocycles. The van der Waals surface area contributed by atoms with Gasteiger partial charge in [0.25, 0.3) is 11.8 Å². The van der Waals surface area contributed by atoms with E-state index in [-0.39, 0.29) is 16.3 Å². The van der Waals surface area contributed by atoms with E-state index in [2.05, 4.69) is 21.0 Å². The highest BCUT2D eigenvalue weighted by Crippen LogP contribution is 2.33.